The van der Waals surface area contributed by atoms with Crippen molar-refractivity contribution in [3.8, 4) is 0 Å². The number of hydrogen-bond donors (Lipinski definition) is 0. The van der Waals surface area contributed by atoms with Crippen molar-refractivity contribution in [3.05, 3.63) is 57.6 Å². The van der Waals surface area contributed by atoms with Crippen molar-refractivity contribution < 1.29 is 12.8 Å². The molecule has 3 aliphatic rings. The van der Waals surface area contributed by atoms with Crippen LogP contribution in [0, 0.1) is 0 Å². The SMILES string of the molecule is O=S(=O)(c1cc(Cl)cc(Cl)c1)N1CC[C@@H]2C[C@H]1c1cc(N3CCN(CCCF)CC3)ccc12. The maximum atomic E-state index is 13.6. The number of anilines is 1. The van der Waals surface area contributed by atoms with Crippen LogP contribution in [0.25, 0.3) is 0 Å². The summed E-state index contributed by atoms with van der Waals surface area (Å²) < 4.78 is 41.3. The van der Waals surface area contributed by atoms with E-state index in [0.717, 1.165) is 56.8 Å². The minimum Gasteiger partial charge on any atom is -0.369 e. The van der Waals surface area contributed by atoms with Crippen LogP contribution in [0.5, 0.6) is 0 Å². The molecule has 0 N–H and O–H groups in total. The third-order valence-electron chi connectivity index (χ3n) is 7.21. The van der Waals surface area contributed by atoms with Gasteiger partial charge in [0.15, 0.2) is 0 Å². The van der Waals surface area contributed by atoms with Gasteiger partial charge in [-0.1, -0.05) is 29.3 Å². The van der Waals surface area contributed by atoms with E-state index in [0.29, 0.717) is 28.9 Å². The second-order valence-corrected chi connectivity index (χ2v) is 11.9. The van der Waals surface area contributed by atoms with Gasteiger partial charge in [0.1, 0.15) is 0 Å². The maximum Gasteiger partial charge on any atom is 0.243 e. The van der Waals surface area contributed by atoms with Gasteiger partial charge in [0.25, 0.3) is 0 Å². The Bertz CT molecular complexity index is 1120. The van der Waals surface area contributed by atoms with Crippen molar-refractivity contribution in [2.75, 3.05) is 50.8 Å². The standard InChI is InChI=1S/C24H28Cl2FN3O2S/c25-18-13-19(26)15-21(14-18)33(31,32)30-7-4-17-12-24(30)23-16-20(2-3-22(17)23)29-10-8-28(9-11-29)6-1-5-27/h2-3,13-17,24H,1,4-12H2/t17-,24+/m1/s1. The van der Waals surface area contributed by atoms with Gasteiger partial charge in [-0.15, -0.1) is 0 Å². The van der Waals surface area contributed by atoms with E-state index >= 15 is 0 Å². The monoisotopic (exact) mass is 511 g/mol. The molecule has 2 bridgehead atoms. The molecule has 0 amide bonds. The number of fused-ring (bicyclic) bond motifs is 5. The summed E-state index contributed by atoms with van der Waals surface area (Å²) in [5.41, 5.74) is 3.52. The van der Waals surface area contributed by atoms with Gasteiger partial charge in [-0.05, 0) is 66.6 Å². The smallest absolute Gasteiger partial charge is 0.243 e. The Morgan fingerprint density at radius 1 is 0.939 bits per heavy atom. The average molecular weight is 512 g/mol. The molecule has 1 aliphatic carbocycles. The molecule has 2 aliphatic heterocycles. The van der Waals surface area contributed by atoms with Crippen LogP contribution < -0.4 is 4.90 Å². The number of halogens is 3. The topological polar surface area (TPSA) is 43.9 Å². The van der Waals surface area contributed by atoms with Crippen LogP contribution in [0.2, 0.25) is 10.0 Å². The zero-order valence-electron chi connectivity index (χ0n) is 18.4. The van der Waals surface area contributed by atoms with Crippen molar-refractivity contribution >= 4 is 38.9 Å². The highest BCUT2D eigenvalue weighted by atomic mass is 35.5. The third-order valence-corrected chi connectivity index (χ3v) is 9.53. The first kappa shape index (κ1) is 23.4. The fourth-order valence-corrected chi connectivity index (χ4v) is 7.90. The van der Waals surface area contributed by atoms with Crippen molar-refractivity contribution in [3.63, 3.8) is 0 Å². The van der Waals surface area contributed by atoms with E-state index in [4.69, 9.17) is 23.2 Å². The molecule has 2 aromatic rings. The first-order valence-corrected chi connectivity index (χ1v) is 13.7. The zero-order chi connectivity index (χ0) is 23.2. The number of sulfonamides is 1. The quantitative estimate of drug-likeness (QED) is 0.541. The molecule has 0 saturated carbocycles. The fraction of sp³-hybridized carbons (Fsp3) is 0.500. The second kappa shape index (κ2) is 9.34. The Labute approximate surface area is 205 Å². The lowest BCUT2D eigenvalue weighted by molar-refractivity contribution is 0.245. The molecule has 2 atom stereocenters. The average Bonchev–Trinajstić information content (AvgIpc) is 3.08. The summed E-state index contributed by atoms with van der Waals surface area (Å²) in [5.74, 6) is 0.394. The van der Waals surface area contributed by atoms with Gasteiger partial charge in [0.2, 0.25) is 10.0 Å². The molecule has 0 unspecified atom stereocenters. The Balaban J connectivity index is 1.40. The number of piperazine rings is 1. The summed E-state index contributed by atoms with van der Waals surface area (Å²) in [6, 6.07) is 10.9. The first-order valence-electron chi connectivity index (χ1n) is 11.5. The van der Waals surface area contributed by atoms with Gasteiger partial charge < -0.3 is 4.90 Å². The number of nitrogens with zero attached hydrogens (tertiary/aromatic N) is 3. The van der Waals surface area contributed by atoms with Crippen LogP contribution >= 0.6 is 23.2 Å². The van der Waals surface area contributed by atoms with E-state index in [1.54, 1.807) is 10.4 Å². The van der Waals surface area contributed by atoms with Crippen LogP contribution in [0.4, 0.5) is 10.1 Å². The Kier molecular flexibility index (Phi) is 6.62. The lowest BCUT2D eigenvalue weighted by Gasteiger charge is -2.36. The van der Waals surface area contributed by atoms with Crippen LogP contribution in [-0.4, -0.2) is 63.6 Å². The molecule has 0 radical (unpaired) electrons. The van der Waals surface area contributed by atoms with Gasteiger partial charge in [0.05, 0.1) is 17.6 Å². The number of hydrogen-bond acceptors (Lipinski definition) is 4. The molecule has 2 fully saturated rings. The summed E-state index contributed by atoms with van der Waals surface area (Å²) in [6.45, 7) is 4.63. The molecule has 5 nitrogen and oxygen atoms in total. The van der Waals surface area contributed by atoms with Crippen molar-refractivity contribution in [2.45, 2.75) is 36.1 Å². The largest absolute Gasteiger partial charge is 0.369 e. The number of rotatable bonds is 6. The minimum absolute atomic E-state index is 0.146. The van der Waals surface area contributed by atoms with Crippen LogP contribution in [0.3, 0.4) is 0 Å². The van der Waals surface area contributed by atoms with Crippen LogP contribution in [0.1, 0.15) is 42.3 Å². The molecule has 5 rings (SSSR count). The maximum absolute atomic E-state index is 13.6. The van der Waals surface area contributed by atoms with Gasteiger partial charge in [0, 0.05) is 55.0 Å². The molecule has 2 heterocycles. The molecular formula is C24H28Cl2FN3O2S. The lowest BCUT2D eigenvalue weighted by atomic mass is 9.96. The van der Waals surface area contributed by atoms with E-state index in [1.165, 1.54) is 17.7 Å². The van der Waals surface area contributed by atoms with Gasteiger partial charge >= 0.3 is 0 Å². The Morgan fingerprint density at radius 3 is 2.36 bits per heavy atom. The summed E-state index contributed by atoms with van der Waals surface area (Å²) in [7, 11) is -3.72. The lowest BCUT2D eigenvalue weighted by Crippen LogP contribution is -2.46. The molecule has 9 heteroatoms. The first-order chi connectivity index (χ1) is 15.9. The predicted molar refractivity (Wildman–Crippen MR) is 131 cm³/mol. The molecule has 0 aromatic heterocycles. The third kappa shape index (κ3) is 4.50. The summed E-state index contributed by atoms with van der Waals surface area (Å²) in [5, 5.41) is 0.631. The highest BCUT2D eigenvalue weighted by Gasteiger charge is 2.44. The predicted octanol–water partition coefficient (Wildman–Crippen LogP) is 5.10. The number of alkyl halides is 1. The Morgan fingerprint density at radius 2 is 1.67 bits per heavy atom. The van der Waals surface area contributed by atoms with E-state index in [2.05, 4.69) is 28.0 Å². The zero-order valence-corrected chi connectivity index (χ0v) is 20.7. The minimum atomic E-state index is -3.72. The van der Waals surface area contributed by atoms with Crippen LogP contribution in [-0.2, 0) is 10.0 Å². The Hall–Kier alpha value is -1.38. The number of piperidine rings is 1. The molecule has 0 spiro atoms. The molecule has 33 heavy (non-hydrogen) atoms. The van der Waals surface area contributed by atoms with Crippen molar-refractivity contribution in [1.82, 2.24) is 9.21 Å². The van der Waals surface area contributed by atoms with Crippen molar-refractivity contribution in [1.29, 1.82) is 0 Å². The molecule has 2 aromatic carbocycles. The number of benzene rings is 2. The molecule has 2 saturated heterocycles. The molecular weight excluding hydrogens is 484 g/mol. The highest BCUT2D eigenvalue weighted by molar-refractivity contribution is 7.89. The van der Waals surface area contributed by atoms with E-state index in [-0.39, 0.29) is 17.6 Å². The van der Waals surface area contributed by atoms with Gasteiger partial charge in [-0.2, -0.15) is 4.31 Å². The fourth-order valence-electron chi connectivity index (χ4n) is 5.54. The van der Waals surface area contributed by atoms with E-state index < -0.39 is 10.0 Å². The van der Waals surface area contributed by atoms with E-state index in [1.807, 2.05) is 0 Å². The van der Waals surface area contributed by atoms with E-state index in [9.17, 15) is 12.8 Å². The summed E-state index contributed by atoms with van der Waals surface area (Å²) in [6.07, 6.45) is 2.21. The molecule has 178 valence electrons. The van der Waals surface area contributed by atoms with Gasteiger partial charge in [-0.25, -0.2) is 8.42 Å². The van der Waals surface area contributed by atoms with Crippen molar-refractivity contribution in [2.24, 2.45) is 0 Å². The highest BCUT2D eigenvalue weighted by Crippen LogP contribution is 2.51. The summed E-state index contributed by atoms with van der Waals surface area (Å²) >= 11 is 12.2. The second-order valence-electron chi connectivity index (χ2n) is 9.14. The summed E-state index contributed by atoms with van der Waals surface area (Å²) in [4.78, 5) is 4.80. The van der Waals surface area contributed by atoms with Gasteiger partial charge in [-0.3, -0.25) is 9.29 Å². The normalized spacial score (nSPS) is 23.7. The van der Waals surface area contributed by atoms with Crippen LogP contribution in [0.15, 0.2) is 41.3 Å².